The molecule has 3 nitrogen and oxygen atoms in total. The van der Waals surface area contributed by atoms with E-state index >= 15 is 0 Å². The molecule has 2 N–H and O–H groups in total. The molecular weight excluding hydrogens is 202 g/mol. The summed E-state index contributed by atoms with van der Waals surface area (Å²) in [6.45, 7) is 4.00. The molecule has 88 valence electrons. The zero-order chi connectivity index (χ0) is 12.1. The lowest BCUT2D eigenvalue weighted by Gasteiger charge is -2.05. The lowest BCUT2D eigenvalue weighted by molar-refractivity contribution is 0.0600. The van der Waals surface area contributed by atoms with E-state index in [4.69, 9.17) is 5.73 Å². The lowest BCUT2D eigenvalue weighted by atomic mass is 10.1. The number of carbonyl (C=O) groups is 1. The highest BCUT2D eigenvalue weighted by Crippen LogP contribution is 2.29. The fourth-order valence-corrected chi connectivity index (χ4v) is 1.90. The second kappa shape index (κ2) is 5.66. The van der Waals surface area contributed by atoms with Gasteiger partial charge < -0.3 is 10.5 Å². The van der Waals surface area contributed by atoms with Crippen LogP contribution in [-0.2, 0) is 11.2 Å². The van der Waals surface area contributed by atoms with Crippen LogP contribution in [0.1, 0.15) is 47.8 Å². The Morgan fingerprint density at radius 2 is 2.12 bits per heavy atom. The molecule has 0 aliphatic heterocycles. The third-order valence-electron chi connectivity index (χ3n) is 2.69. The maximum atomic E-state index is 11.2. The molecule has 1 atom stereocenters. The second-order valence-electron chi connectivity index (χ2n) is 3.55. The van der Waals surface area contributed by atoms with Gasteiger partial charge in [0, 0.05) is 6.04 Å². The average molecular weight is 221 g/mol. The van der Waals surface area contributed by atoms with Gasteiger partial charge in [0.05, 0.1) is 12.7 Å². The van der Waals surface area contributed by atoms with E-state index in [2.05, 4.69) is 4.74 Å². The number of carbonyl (C=O) groups excluding carboxylic acids is 1. The van der Waals surface area contributed by atoms with Gasteiger partial charge in [0.1, 0.15) is 0 Å². The van der Waals surface area contributed by atoms with E-state index in [0.717, 1.165) is 18.4 Å². The number of hydrogen-bond donors (Lipinski definition) is 1. The standard InChI is InChI=1S/C11H13NO2.C2H6/c1-14-11(13)8-2-4-9-7(6-8)3-5-10(9)12;1-2/h2,4,6,10H,3,5,12H2,1H3;1-2H3. The van der Waals surface area contributed by atoms with Gasteiger partial charge in [0.2, 0.25) is 0 Å². The molecule has 1 aliphatic rings. The first kappa shape index (κ1) is 12.7. The van der Waals surface area contributed by atoms with Crippen molar-refractivity contribution in [3.05, 3.63) is 34.9 Å². The van der Waals surface area contributed by atoms with E-state index in [0.29, 0.717) is 5.56 Å². The number of nitrogens with two attached hydrogens (primary N) is 1. The highest BCUT2D eigenvalue weighted by molar-refractivity contribution is 5.89. The molecule has 0 bridgehead atoms. The minimum atomic E-state index is -0.284. The topological polar surface area (TPSA) is 52.3 Å². The molecule has 0 saturated carbocycles. The summed E-state index contributed by atoms with van der Waals surface area (Å²) in [5, 5.41) is 0. The number of aryl methyl sites for hydroxylation is 1. The van der Waals surface area contributed by atoms with E-state index in [1.165, 1.54) is 12.7 Å². The number of ether oxygens (including phenoxy) is 1. The van der Waals surface area contributed by atoms with Crippen LogP contribution < -0.4 is 5.73 Å². The minimum Gasteiger partial charge on any atom is -0.465 e. The summed E-state index contributed by atoms with van der Waals surface area (Å²) in [4.78, 5) is 11.2. The monoisotopic (exact) mass is 221 g/mol. The molecule has 0 amide bonds. The van der Waals surface area contributed by atoms with Gasteiger partial charge in [-0.25, -0.2) is 4.79 Å². The largest absolute Gasteiger partial charge is 0.465 e. The van der Waals surface area contributed by atoms with Crippen LogP contribution in [0.2, 0.25) is 0 Å². The quantitative estimate of drug-likeness (QED) is 0.741. The first-order valence-electron chi connectivity index (χ1n) is 5.69. The molecule has 2 rings (SSSR count). The third kappa shape index (κ3) is 2.42. The van der Waals surface area contributed by atoms with Crippen molar-refractivity contribution >= 4 is 5.97 Å². The summed E-state index contributed by atoms with van der Waals surface area (Å²) in [5.41, 5.74) is 8.85. The van der Waals surface area contributed by atoms with Gasteiger partial charge in [-0.05, 0) is 36.1 Å². The Hall–Kier alpha value is -1.35. The number of fused-ring (bicyclic) bond motifs is 1. The predicted octanol–water partition coefficient (Wildman–Crippen LogP) is 2.45. The molecular formula is C13H19NO2. The molecule has 0 aromatic heterocycles. The van der Waals surface area contributed by atoms with E-state index in [-0.39, 0.29) is 12.0 Å². The van der Waals surface area contributed by atoms with Crippen molar-refractivity contribution in [1.82, 2.24) is 0 Å². The molecule has 1 aromatic rings. The van der Waals surface area contributed by atoms with Crippen molar-refractivity contribution in [2.24, 2.45) is 5.73 Å². The average Bonchev–Trinajstić information content (AvgIpc) is 2.72. The van der Waals surface area contributed by atoms with E-state index in [1.807, 2.05) is 26.0 Å². The number of methoxy groups -OCH3 is 1. The zero-order valence-corrected chi connectivity index (χ0v) is 10.1. The van der Waals surface area contributed by atoms with Crippen molar-refractivity contribution in [2.45, 2.75) is 32.7 Å². The third-order valence-corrected chi connectivity index (χ3v) is 2.69. The van der Waals surface area contributed by atoms with Crippen LogP contribution in [0, 0.1) is 0 Å². The summed E-state index contributed by atoms with van der Waals surface area (Å²) in [6.07, 6.45) is 1.93. The summed E-state index contributed by atoms with van der Waals surface area (Å²) < 4.78 is 4.65. The van der Waals surface area contributed by atoms with Crippen molar-refractivity contribution in [3.8, 4) is 0 Å². The summed E-state index contributed by atoms with van der Waals surface area (Å²) in [6, 6.07) is 5.72. The van der Waals surface area contributed by atoms with Crippen LogP contribution in [0.5, 0.6) is 0 Å². The summed E-state index contributed by atoms with van der Waals surface area (Å²) in [7, 11) is 1.39. The van der Waals surface area contributed by atoms with Gasteiger partial charge in [-0.3, -0.25) is 0 Å². The smallest absolute Gasteiger partial charge is 0.337 e. The zero-order valence-electron chi connectivity index (χ0n) is 10.1. The van der Waals surface area contributed by atoms with Crippen molar-refractivity contribution < 1.29 is 9.53 Å². The molecule has 0 saturated heterocycles. The van der Waals surface area contributed by atoms with Crippen LogP contribution in [0.4, 0.5) is 0 Å². The number of esters is 1. The minimum absolute atomic E-state index is 0.136. The number of rotatable bonds is 1. The first-order chi connectivity index (χ1) is 7.72. The molecule has 0 fully saturated rings. The van der Waals surface area contributed by atoms with Crippen LogP contribution in [-0.4, -0.2) is 13.1 Å². The molecule has 1 unspecified atom stereocenters. The van der Waals surface area contributed by atoms with Gasteiger partial charge in [0.15, 0.2) is 0 Å². The van der Waals surface area contributed by atoms with Crippen LogP contribution in [0.25, 0.3) is 0 Å². The molecule has 16 heavy (non-hydrogen) atoms. The van der Waals surface area contributed by atoms with Gasteiger partial charge in [0.25, 0.3) is 0 Å². The van der Waals surface area contributed by atoms with Crippen molar-refractivity contribution in [1.29, 1.82) is 0 Å². The Balaban J connectivity index is 0.000000606. The SMILES string of the molecule is CC.COC(=O)c1ccc2c(c1)CCC2N. The number of benzene rings is 1. The summed E-state index contributed by atoms with van der Waals surface area (Å²) in [5.74, 6) is -0.284. The normalized spacial score (nSPS) is 17.1. The lowest BCUT2D eigenvalue weighted by Crippen LogP contribution is -2.06. The Morgan fingerprint density at radius 1 is 1.44 bits per heavy atom. The number of hydrogen-bond acceptors (Lipinski definition) is 3. The highest BCUT2D eigenvalue weighted by Gasteiger charge is 2.20. The second-order valence-corrected chi connectivity index (χ2v) is 3.55. The highest BCUT2D eigenvalue weighted by atomic mass is 16.5. The predicted molar refractivity (Wildman–Crippen MR) is 64.4 cm³/mol. The van der Waals surface area contributed by atoms with E-state index in [1.54, 1.807) is 6.07 Å². The maximum Gasteiger partial charge on any atom is 0.337 e. The molecule has 0 heterocycles. The van der Waals surface area contributed by atoms with Crippen molar-refractivity contribution in [2.75, 3.05) is 7.11 Å². The van der Waals surface area contributed by atoms with Crippen LogP contribution in [0.15, 0.2) is 18.2 Å². The van der Waals surface area contributed by atoms with Crippen molar-refractivity contribution in [3.63, 3.8) is 0 Å². The van der Waals surface area contributed by atoms with Gasteiger partial charge >= 0.3 is 5.97 Å². The molecule has 1 aliphatic carbocycles. The molecule has 0 spiro atoms. The molecule has 3 heteroatoms. The fraction of sp³-hybridized carbons (Fsp3) is 0.462. The maximum absolute atomic E-state index is 11.2. The first-order valence-corrected chi connectivity index (χ1v) is 5.69. The van der Waals surface area contributed by atoms with Gasteiger partial charge in [-0.15, -0.1) is 0 Å². The van der Waals surface area contributed by atoms with Crippen LogP contribution >= 0.6 is 0 Å². The summed E-state index contributed by atoms with van der Waals surface area (Å²) >= 11 is 0. The van der Waals surface area contributed by atoms with E-state index in [9.17, 15) is 4.79 Å². The van der Waals surface area contributed by atoms with Gasteiger partial charge in [-0.1, -0.05) is 19.9 Å². The Morgan fingerprint density at radius 3 is 2.75 bits per heavy atom. The molecule has 1 aromatic carbocycles. The fourth-order valence-electron chi connectivity index (χ4n) is 1.90. The Kier molecular flexibility index (Phi) is 4.50. The Bertz CT molecular complexity index is 374. The van der Waals surface area contributed by atoms with Gasteiger partial charge in [-0.2, -0.15) is 0 Å². The molecule has 0 radical (unpaired) electrons. The van der Waals surface area contributed by atoms with E-state index < -0.39 is 0 Å². The van der Waals surface area contributed by atoms with Crippen LogP contribution in [0.3, 0.4) is 0 Å². The Labute approximate surface area is 96.6 Å².